The van der Waals surface area contributed by atoms with Gasteiger partial charge in [-0.05, 0) is 42.5 Å². The molecule has 150 valence electrons. The molecule has 0 fully saturated rings. The van der Waals surface area contributed by atoms with Crippen molar-refractivity contribution >= 4 is 17.4 Å². The highest BCUT2D eigenvalue weighted by atomic mass is 16.5. The van der Waals surface area contributed by atoms with E-state index in [2.05, 4.69) is 10.4 Å². The number of aryl methyl sites for hydroxylation is 1. The van der Waals surface area contributed by atoms with Gasteiger partial charge in [-0.2, -0.15) is 5.10 Å². The average Bonchev–Trinajstić information content (AvgIpc) is 3.10. The van der Waals surface area contributed by atoms with Crippen LogP contribution in [0.2, 0.25) is 0 Å². The van der Waals surface area contributed by atoms with Crippen molar-refractivity contribution in [2.24, 2.45) is 7.05 Å². The minimum atomic E-state index is -0.274. The summed E-state index contributed by atoms with van der Waals surface area (Å²) in [7, 11) is 3.32. The van der Waals surface area contributed by atoms with Crippen LogP contribution in [0.3, 0.4) is 0 Å². The molecule has 0 spiro atoms. The molecule has 0 aliphatic heterocycles. The van der Waals surface area contributed by atoms with E-state index in [0.717, 1.165) is 5.69 Å². The van der Waals surface area contributed by atoms with Crippen LogP contribution in [0.25, 0.3) is 0 Å². The number of amides is 1. The van der Waals surface area contributed by atoms with Crippen molar-refractivity contribution in [1.29, 1.82) is 0 Å². The van der Waals surface area contributed by atoms with Gasteiger partial charge in [-0.1, -0.05) is 32.9 Å². The second-order valence-electron chi connectivity index (χ2n) is 7.88. The minimum Gasteiger partial charge on any atom is -0.497 e. The van der Waals surface area contributed by atoms with Gasteiger partial charge >= 0.3 is 0 Å². The summed E-state index contributed by atoms with van der Waals surface area (Å²) >= 11 is 0. The summed E-state index contributed by atoms with van der Waals surface area (Å²) in [6, 6.07) is 15.6. The maximum absolute atomic E-state index is 12.8. The first-order chi connectivity index (χ1) is 13.7. The molecule has 0 atom stereocenters. The van der Waals surface area contributed by atoms with Gasteiger partial charge in [0.2, 0.25) is 0 Å². The van der Waals surface area contributed by atoms with E-state index < -0.39 is 0 Å². The second kappa shape index (κ2) is 7.91. The van der Waals surface area contributed by atoms with Crippen LogP contribution in [0.1, 0.15) is 52.9 Å². The molecule has 0 radical (unpaired) electrons. The number of carbonyl (C=O) groups is 2. The number of benzene rings is 2. The maximum Gasteiger partial charge on any atom is 0.273 e. The van der Waals surface area contributed by atoms with Gasteiger partial charge in [0.05, 0.1) is 12.8 Å². The van der Waals surface area contributed by atoms with Crippen molar-refractivity contribution in [3.63, 3.8) is 0 Å². The Morgan fingerprint density at radius 1 is 1.00 bits per heavy atom. The minimum absolute atomic E-state index is 0.126. The summed E-state index contributed by atoms with van der Waals surface area (Å²) in [5.74, 6) is 0.289. The highest BCUT2D eigenvalue weighted by molar-refractivity contribution is 6.10. The molecule has 0 bridgehead atoms. The Hall–Kier alpha value is -3.41. The zero-order valence-electron chi connectivity index (χ0n) is 17.3. The number of nitrogens with zero attached hydrogens (tertiary/aromatic N) is 2. The Kier molecular flexibility index (Phi) is 5.55. The number of hydrogen-bond acceptors (Lipinski definition) is 4. The number of rotatable bonds is 5. The predicted molar refractivity (Wildman–Crippen MR) is 113 cm³/mol. The molecule has 1 heterocycles. The molecule has 0 aliphatic carbocycles. The number of ether oxygens (including phenoxy) is 1. The zero-order chi connectivity index (χ0) is 21.2. The van der Waals surface area contributed by atoms with Gasteiger partial charge in [0, 0.05) is 29.3 Å². The van der Waals surface area contributed by atoms with Gasteiger partial charge in [0.1, 0.15) is 11.4 Å². The zero-order valence-corrected chi connectivity index (χ0v) is 17.3. The monoisotopic (exact) mass is 391 g/mol. The van der Waals surface area contributed by atoms with Gasteiger partial charge in [0.25, 0.3) is 5.91 Å². The lowest BCUT2D eigenvalue weighted by Gasteiger charge is -2.13. The molecule has 1 aromatic heterocycles. The quantitative estimate of drug-likeness (QED) is 0.661. The molecule has 29 heavy (non-hydrogen) atoms. The summed E-state index contributed by atoms with van der Waals surface area (Å²) in [6.07, 6.45) is 0. The Morgan fingerprint density at radius 2 is 1.69 bits per heavy atom. The van der Waals surface area contributed by atoms with Crippen LogP contribution in [0, 0.1) is 0 Å². The second-order valence-corrected chi connectivity index (χ2v) is 7.88. The first kappa shape index (κ1) is 20.3. The normalized spacial score (nSPS) is 11.2. The highest BCUT2D eigenvalue weighted by Crippen LogP contribution is 2.22. The van der Waals surface area contributed by atoms with E-state index in [0.29, 0.717) is 28.3 Å². The van der Waals surface area contributed by atoms with E-state index in [1.165, 1.54) is 0 Å². The number of anilines is 1. The number of nitrogens with one attached hydrogen (secondary N) is 1. The Morgan fingerprint density at radius 3 is 2.28 bits per heavy atom. The van der Waals surface area contributed by atoms with Crippen LogP contribution in [0.5, 0.6) is 5.75 Å². The molecule has 6 nitrogen and oxygen atoms in total. The Balaban J connectivity index is 1.80. The van der Waals surface area contributed by atoms with Gasteiger partial charge in [-0.15, -0.1) is 0 Å². The van der Waals surface area contributed by atoms with Gasteiger partial charge in [-0.25, -0.2) is 0 Å². The van der Waals surface area contributed by atoms with Crippen molar-refractivity contribution in [3.05, 3.63) is 77.1 Å². The number of ketones is 1. The largest absolute Gasteiger partial charge is 0.497 e. The fraction of sp³-hybridized carbons (Fsp3) is 0.261. The van der Waals surface area contributed by atoms with Crippen LogP contribution in [-0.4, -0.2) is 28.6 Å². The van der Waals surface area contributed by atoms with E-state index in [4.69, 9.17) is 4.74 Å². The van der Waals surface area contributed by atoms with Crippen molar-refractivity contribution in [1.82, 2.24) is 9.78 Å². The maximum atomic E-state index is 12.8. The van der Waals surface area contributed by atoms with Crippen molar-refractivity contribution in [2.75, 3.05) is 12.4 Å². The van der Waals surface area contributed by atoms with Gasteiger partial charge in [-0.3, -0.25) is 14.3 Å². The van der Waals surface area contributed by atoms with E-state index in [1.807, 2.05) is 20.8 Å². The molecule has 1 amide bonds. The third-order valence-electron chi connectivity index (χ3n) is 4.62. The standard InChI is InChI=1S/C23H25N3O3/c1-23(2,3)20-14-19(26(4)25-20)22(28)24-17-8-6-7-16(13-17)21(27)15-9-11-18(29-5)12-10-15/h6-14H,1-5H3,(H,24,28). The smallest absolute Gasteiger partial charge is 0.273 e. The molecule has 0 saturated carbocycles. The first-order valence-electron chi connectivity index (χ1n) is 9.34. The molecular formula is C23H25N3O3. The van der Waals surface area contributed by atoms with E-state index in [1.54, 1.807) is 73.4 Å². The number of carbonyl (C=O) groups excluding carboxylic acids is 2. The molecular weight excluding hydrogens is 366 g/mol. The van der Waals surface area contributed by atoms with Gasteiger partial charge in [0.15, 0.2) is 5.78 Å². The van der Waals surface area contributed by atoms with Crippen LogP contribution in [-0.2, 0) is 12.5 Å². The van der Waals surface area contributed by atoms with Crippen molar-refractivity contribution < 1.29 is 14.3 Å². The third kappa shape index (κ3) is 4.54. The highest BCUT2D eigenvalue weighted by Gasteiger charge is 2.22. The van der Waals surface area contributed by atoms with Gasteiger partial charge < -0.3 is 10.1 Å². The molecule has 3 rings (SSSR count). The number of hydrogen-bond donors (Lipinski definition) is 1. The number of methoxy groups -OCH3 is 1. The fourth-order valence-corrected chi connectivity index (χ4v) is 2.89. The third-order valence-corrected chi connectivity index (χ3v) is 4.62. The summed E-state index contributed by atoms with van der Waals surface area (Å²) in [6.45, 7) is 6.14. The summed E-state index contributed by atoms with van der Waals surface area (Å²) < 4.78 is 6.70. The molecule has 0 saturated heterocycles. The lowest BCUT2D eigenvalue weighted by Crippen LogP contribution is -2.16. The first-order valence-corrected chi connectivity index (χ1v) is 9.34. The van der Waals surface area contributed by atoms with E-state index in [-0.39, 0.29) is 17.1 Å². The summed E-state index contributed by atoms with van der Waals surface area (Å²) in [5.41, 5.74) is 2.74. The van der Waals surface area contributed by atoms with Crippen LogP contribution in [0.15, 0.2) is 54.6 Å². The summed E-state index contributed by atoms with van der Waals surface area (Å²) in [5, 5.41) is 7.29. The van der Waals surface area contributed by atoms with Crippen molar-refractivity contribution in [2.45, 2.75) is 26.2 Å². The van der Waals surface area contributed by atoms with Crippen LogP contribution < -0.4 is 10.1 Å². The average molecular weight is 391 g/mol. The molecule has 2 aromatic carbocycles. The van der Waals surface area contributed by atoms with E-state index in [9.17, 15) is 9.59 Å². The lowest BCUT2D eigenvalue weighted by atomic mass is 9.92. The summed E-state index contributed by atoms with van der Waals surface area (Å²) in [4.78, 5) is 25.5. The van der Waals surface area contributed by atoms with Crippen LogP contribution in [0.4, 0.5) is 5.69 Å². The molecule has 6 heteroatoms. The number of aromatic nitrogens is 2. The fourth-order valence-electron chi connectivity index (χ4n) is 2.89. The van der Waals surface area contributed by atoms with E-state index >= 15 is 0 Å². The Bertz CT molecular complexity index is 1040. The van der Waals surface area contributed by atoms with Crippen molar-refractivity contribution in [3.8, 4) is 5.75 Å². The molecule has 0 unspecified atom stereocenters. The lowest BCUT2D eigenvalue weighted by molar-refractivity contribution is 0.101. The predicted octanol–water partition coefficient (Wildman–Crippen LogP) is 4.21. The van der Waals surface area contributed by atoms with Crippen LogP contribution >= 0.6 is 0 Å². The molecule has 0 aliphatic rings. The SMILES string of the molecule is COc1ccc(C(=O)c2cccc(NC(=O)c3cc(C(C)(C)C)nn3C)c2)cc1. The Labute approximate surface area is 170 Å². The topological polar surface area (TPSA) is 73.2 Å². The molecule has 3 aromatic rings. The molecule has 1 N–H and O–H groups in total.